The van der Waals surface area contributed by atoms with Crippen molar-refractivity contribution < 1.29 is 13.9 Å². The van der Waals surface area contributed by atoms with E-state index in [0.717, 1.165) is 29.0 Å². The predicted octanol–water partition coefficient (Wildman–Crippen LogP) is 3.26. The smallest absolute Gasteiger partial charge is 0.254 e. The molecule has 3 rings (SSSR count). The first-order valence-electron chi connectivity index (χ1n) is 9.12. The quantitative estimate of drug-likeness (QED) is 0.638. The summed E-state index contributed by atoms with van der Waals surface area (Å²) in [6.45, 7) is 10.1. The van der Waals surface area contributed by atoms with Gasteiger partial charge in [-0.1, -0.05) is 0 Å². The van der Waals surface area contributed by atoms with Crippen LogP contribution in [0.15, 0.2) is 22.6 Å². The minimum atomic E-state index is -0.0638. The number of hydrogen-bond acceptors (Lipinski definition) is 5. The first kappa shape index (κ1) is 19.1. The van der Waals surface area contributed by atoms with Gasteiger partial charge in [0.1, 0.15) is 5.52 Å². The predicted molar refractivity (Wildman–Crippen MR) is 103 cm³/mol. The lowest BCUT2D eigenvalue weighted by Gasteiger charge is -2.23. The summed E-state index contributed by atoms with van der Waals surface area (Å²) in [7, 11) is 1.64. The number of aromatic nitrogens is 3. The molecule has 0 atom stereocenters. The molecule has 0 radical (unpaired) electrons. The highest BCUT2D eigenvalue weighted by Gasteiger charge is 2.21. The third-order valence-electron chi connectivity index (χ3n) is 4.77. The van der Waals surface area contributed by atoms with Crippen LogP contribution in [0.4, 0.5) is 0 Å². The van der Waals surface area contributed by atoms with Crippen molar-refractivity contribution in [3.8, 4) is 0 Å². The Kier molecular flexibility index (Phi) is 5.60. The van der Waals surface area contributed by atoms with Crippen LogP contribution in [0, 0.1) is 20.8 Å². The standard InChI is InChI=1S/C20H26N4O3/c1-6-24-14(3)17(13(2)22-24)12-23(9-10-26-5)20(25)16-7-8-18-19(11-16)27-15(4)21-18/h7-8,11H,6,9-10,12H2,1-5H3. The lowest BCUT2D eigenvalue weighted by molar-refractivity contribution is 0.0680. The lowest BCUT2D eigenvalue weighted by Crippen LogP contribution is -2.33. The summed E-state index contributed by atoms with van der Waals surface area (Å²) >= 11 is 0. The second kappa shape index (κ2) is 7.92. The van der Waals surface area contributed by atoms with Gasteiger partial charge >= 0.3 is 0 Å². The fraction of sp³-hybridized carbons (Fsp3) is 0.450. The molecule has 2 aromatic heterocycles. The van der Waals surface area contributed by atoms with E-state index in [1.807, 2.05) is 24.6 Å². The molecule has 144 valence electrons. The molecule has 0 bridgehead atoms. The number of aryl methyl sites for hydroxylation is 3. The van der Waals surface area contributed by atoms with Crippen LogP contribution in [0.25, 0.3) is 11.1 Å². The molecular weight excluding hydrogens is 344 g/mol. The maximum absolute atomic E-state index is 13.2. The van der Waals surface area contributed by atoms with Gasteiger partial charge < -0.3 is 14.1 Å². The number of methoxy groups -OCH3 is 1. The fourth-order valence-corrected chi connectivity index (χ4v) is 3.27. The van der Waals surface area contributed by atoms with Crippen LogP contribution in [0.3, 0.4) is 0 Å². The molecule has 27 heavy (non-hydrogen) atoms. The Morgan fingerprint density at radius 2 is 2.07 bits per heavy atom. The van der Waals surface area contributed by atoms with E-state index in [2.05, 4.69) is 17.0 Å². The van der Waals surface area contributed by atoms with Gasteiger partial charge in [0.15, 0.2) is 11.5 Å². The molecular formula is C20H26N4O3. The molecule has 1 aromatic carbocycles. The number of ether oxygens (including phenoxy) is 1. The Balaban J connectivity index is 1.90. The zero-order valence-corrected chi connectivity index (χ0v) is 16.6. The van der Waals surface area contributed by atoms with Crippen molar-refractivity contribution in [1.29, 1.82) is 0 Å². The maximum Gasteiger partial charge on any atom is 0.254 e. The highest BCUT2D eigenvalue weighted by atomic mass is 16.5. The van der Waals surface area contributed by atoms with Crippen molar-refractivity contribution in [1.82, 2.24) is 19.7 Å². The molecule has 0 aliphatic heterocycles. The average molecular weight is 370 g/mol. The molecule has 0 aliphatic carbocycles. The largest absolute Gasteiger partial charge is 0.441 e. The molecule has 0 saturated carbocycles. The van der Waals surface area contributed by atoms with Crippen LogP contribution >= 0.6 is 0 Å². The summed E-state index contributed by atoms with van der Waals surface area (Å²) in [5.74, 6) is 0.523. The monoisotopic (exact) mass is 370 g/mol. The molecule has 1 amide bonds. The number of fused-ring (bicyclic) bond motifs is 1. The Hall–Kier alpha value is -2.67. The van der Waals surface area contributed by atoms with Crippen molar-refractivity contribution in [2.24, 2.45) is 0 Å². The van der Waals surface area contributed by atoms with E-state index in [9.17, 15) is 4.79 Å². The van der Waals surface area contributed by atoms with Crippen LogP contribution in [0.1, 0.15) is 40.1 Å². The number of hydrogen-bond donors (Lipinski definition) is 0. The second-order valence-corrected chi connectivity index (χ2v) is 6.60. The zero-order valence-electron chi connectivity index (χ0n) is 16.6. The molecule has 0 N–H and O–H groups in total. The summed E-state index contributed by atoms with van der Waals surface area (Å²) < 4.78 is 12.8. The lowest BCUT2D eigenvalue weighted by atomic mass is 10.1. The van der Waals surface area contributed by atoms with E-state index in [4.69, 9.17) is 9.15 Å². The van der Waals surface area contributed by atoms with Gasteiger partial charge in [-0.2, -0.15) is 5.10 Å². The highest BCUT2D eigenvalue weighted by molar-refractivity contribution is 5.97. The molecule has 2 heterocycles. The van der Waals surface area contributed by atoms with Crippen LogP contribution in [0.5, 0.6) is 0 Å². The molecule has 0 unspecified atom stereocenters. The van der Waals surface area contributed by atoms with E-state index >= 15 is 0 Å². The average Bonchev–Trinajstić information content (AvgIpc) is 3.16. The summed E-state index contributed by atoms with van der Waals surface area (Å²) in [6.07, 6.45) is 0. The van der Waals surface area contributed by atoms with Crippen molar-refractivity contribution >= 4 is 17.0 Å². The fourth-order valence-electron chi connectivity index (χ4n) is 3.27. The van der Waals surface area contributed by atoms with E-state index in [1.165, 1.54) is 0 Å². The SMILES string of the molecule is CCn1nc(C)c(CN(CCOC)C(=O)c2ccc3nc(C)oc3c2)c1C. The third-order valence-corrected chi connectivity index (χ3v) is 4.77. The van der Waals surface area contributed by atoms with E-state index in [1.54, 1.807) is 31.1 Å². The Morgan fingerprint density at radius 1 is 1.30 bits per heavy atom. The van der Waals surface area contributed by atoms with Gasteiger partial charge in [-0.05, 0) is 39.0 Å². The first-order valence-corrected chi connectivity index (χ1v) is 9.12. The van der Waals surface area contributed by atoms with Gasteiger partial charge in [-0.3, -0.25) is 9.48 Å². The Bertz CT molecular complexity index is 958. The number of nitrogens with zero attached hydrogens (tertiary/aromatic N) is 4. The Labute approximate surface area is 158 Å². The molecule has 0 saturated heterocycles. The minimum absolute atomic E-state index is 0.0638. The highest BCUT2D eigenvalue weighted by Crippen LogP contribution is 2.20. The van der Waals surface area contributed by atoms with Crippen LogP contribution in [-0.4, -0.2) is 45.8 Å². The van der Waals surface area contributed by atoms with Gasteiger partial charge in [-0.15, -0.1) is 0 Å². The van der Waals surface area contributed by atoms with Gasteiger partial charge in [-0.25, -0.2) is 4.98 Å². The minimum Gasteiger partial charge on any atom is -0.441 e. The van der Waals surface area contributed by atoms with Crippen LogP contribution in [0.2, 0.25) is 0 Å². The van der Waals surface area contributed by atoms with Crippen molar-refractivity contribution in [2.45, 2.75) is 40.8 Å². The van der Waals surface area contributed by atoms with Gasteiger partial charge in [0.2, 0.25) is 0 Å². The molecule has 3 aromatic rings. The zero-order chi connectivity index (χ0) is 19.6. The van der Waals surface area contributed by atoms with Crippen LogP contribution in [-0.2, 0) is 17.8 Å². The van der Waals surface area contributed by atoms with E-state index in [0.29, 0.717) is 36.7 Å². The summed E-state index contributed by atoms with van der Waals surface area (Å²) in [4.78, 5) is 19.3. The molecule has 7 heteroatoms. The number of carbonyl (C=O) groups excluding carboxylic acids is 1. The second-order valence-electron chi connectivity index (χ2n) is 6.60. The van der Waals surface area contributed by atoms with Gasteiger partial charge in [0, 0.05) is 50.5 Å². The molecule has 0 aliphatic rings. The normalized spacial score (nSPS) is 11.3. The Morgan fingerprint density at radius 3 is 2.74 bits per heavy atom. The van der Waals surface area contributed by atoms with Crippen molar-refractivity contribution in [3.63, 3.8) is 0 Å². The first-order chi connectivity index (χ1) is 12.9. The third kappa shape index (κ3) is 3.88. The van der Waals surface area contributed by atoms with Crippen molar-refractivity contribution in [2.75, 3.05) is 20.3 Å². The van der Waals surface area contributed by atoms with E-state index in [-0.39, 0.29) is 5.91 Å². The molecule has 7 nitrogen and oxygen atoms in total. The summed E-state index contributed by atoms with van der Waals surface area (Å²) in [6, 6.07) is 5.37. The number of amides is 1. The van der Waals surface area contributed by atoms with E-state index < -0.39 is 0 Å². The molecule has 0 fully saturated rings. The summed E-state index contributed by atoms with van der Waals surface area (Å²) in [5, 5.41) is 4.56. The number of oxazole rings is 1. The van der Waals surface area contributed by atoms with Gasteiger partial charge in [0.25, 0.3) is 5.91 Å². The van der Waals surface area contributed by atoms with Crippen molar-refractivity contribution in [3.05, 3.63) is 46.6 Å². The van der Waals surface area contributed by atoms with Crippen LogP contribution < -0.4 is 0 Å². The topological polar surface area (TPSA) is 73.4 Å². The summed E-state index contributed by atoms with van der Waals surface area (Å²) in [5.41, 5.74) is 5.07. The molecule has 0 spiro atoms. The maximum atomic E-state index is 13.2. The van der Waals surface area contributed by atoms with Gasteiger partial charge in [0.05, 0.1) is 12.3 Å². The number of carbonyl (C=O) groups is 1. The number of rotatable bonds is 7. The number of benzene rings is 1.